The summed E-state index contributed by atoms with van der Waals surface area (Å²) in [6, 6.07) is 16.7. The Morgan fingerprint density at radius 3 is 2.52 bits per heavy atom. The van der Waals surface area contributed by atoms with Crippen LogP contribution in [0, 0.1) is 6.92 Å². The highest BCUT2D eigenvalue weighted by molar-refractivity contribution is 5.74. The second kappa shape index (κ2) is 6.32. The van der Waals surface area contributed by atoms with Crippen LogP contribution in [-0.2, 0) is 6.54 Å². The number of nitrogen functional groups attached to an aromatic ring is 1. The minimum atomic E-state index is 0.318. The number of para-hydroxylation sites is 3. The molecule has 0 spiro atoms. The first-order valence-corrected chi connectivity index (χ1v) is 8.06. The number of fused-ring (bicyclic) bond motifs is 1. The van der Waals surface area contributed by atoms with Crippen molar-refractivity contribution in [3.63, 3.8) is 0 Å². The summed E-state index contributed by atoms with van der Waals surface area (Å²) in [6.45, 7) is 7.67. The minimum Gasteiger partial charge on any atom is -0.490 e. The Kier molecular flexibility index (Phi) is 4.24. The van der Waals surface area contributed by atoms with E-state index in [1.165, 1.54) is 0 Å². The quantitative estimate of drug-likeness (QED) is 0.733. The molecule has 0 aliphatic carbocycles. The number of ether oxygens (including phenoxy) is 1. The fourth-order valence-corrected chi connectivity index (χ4v) is 3.02. The highest BCUT2D eigenvalue weighted by Crippen LogP contribution is 2.21. The molecule has 0 radical (unpaired) electrons. The molecule has 3 rings (SSSR count). The number of benzene rings is 2. The van der Waals surface area contributed by atoms with Gasteiger partial charge in [0, 0.05) is 0 Å². The Balaban J connectivity index is 1.86. The molecule has 4 heteroatoms. The molecule has 3 aromatic rings. The lowest BCUT2D eigenvalue weighted by Gasteiger charge is -2.09. The molecule has 0 saturated carbocycles. The zero-order valence-corrected chi connectivity index (χ0v) is 14.0. The van der Waals surface area contributed by atoms with Gasteiger partial charge in [0.25, 0.3) is 0 Å². The third kappa shape index (κ3) is 2.89. The van der Waals surface area contributed by atoms with Crippen LogP contribution >= 0.6 is 0 Å². The average Bonchev–Trinajstić information content (AvgIpc) is 2.81. The molecule has 0 aliphatic rings. The molecule has 1 aromatic heterocycles. The summed E-state index contributed by atoms with van der Waals surface area (Å²) in [7, 11) is 0. The summed E-state index contributed by atoms with van der Waals surface area (Å²) >= 11 is 0. The highest BCUT2D eigenvalue weighted by Gasteiger charge is 2.22. The van der Waals surface area contributed by atoms with Crippen LogP contribution in [-0.4, -0.2) is 11.2 Å². The van der Waals surface area contributed by atoms with Crippen LogP contribution in [0.15, 0.2) is 48.5 Å². The molecule has 0 bridgehead atoms. The molecule has 2 aromatic carbocycles. The van der Waals surface area contributed by atoms with Crippen molar-refractivity contribution in [2.75, 3.05) is 12.3 Å². The summed E-state index contributed by atoms with van der Waals surface area (Å²) in [5.74, 6) is 1.70. The Morgan fingerprint density at radius 2 is 1.78 bits per heavy atom. The van der Waals surface area contributed by atoms with Gasteiger partial charge < -0.3 is 4.74 Å². The van der Waals surface area contributed by atoms with Gasteiger partial charge in [0.1, 0.15) is 29.9 Å². The molecule has 0 aliphatic heterocycles. The highest BCUT2D eigenvalue weighted by atomic mass is 16.5. The number of anilines is 1. The number of nitrogens with zero attached hydrogens (tertiary/aromatic N) is 2. The van der Waals surface area contributed by atoms with Gasteiger partial charge in [0.2, 0.25) is 0 Å². The van der Waals surface area contributed by atoms with Crippen LogP contribution in [0.25, 0.3) is 11.0 Å². The fraction of sp³-hybridized carbons (Fsp3) is 0.316. The molecule has 4 nitrogen and oxygen atoms in total. The maximum atomic E-state index is 6.40. The van der Waals surface area contributed by atoms with E-state index >= 15 is 0 Å². The van der Waals surface area contributed by atoms with Crippen molar-refractivity contribution in [2.24, 2.45) is 0 Å². The topological polar surface area (TPSA) is 44.1 Å². The lowest BCUT2D eigenvalue weighted by Crippen LogP contribution is -2.39. The number of nitrogens with two attached hydrogens (primary N) is 1. The number of imidazole rings is 1. The van der Waals surface area contributed by atoms with E-state index in [4.69, 9.17) is 10.5 Å². The van der Waals surface area contributed by atoms with Crippen molar-refractivity contribution in [3.8, 4) is 5.75 Å². The molecule has 2 N–H and O–H groups in total. The standard InChI is InChI=1S/C19H23N3O/c1-14(2)22-17-10-6-5-9-16(17)21(19(22)20)12-13-23-18-11-7-4-8-15(18)3/h4-11,14,20H,12-13H2,1-3H3/p+1. The van der Waals surface area contributed by atoms with Gasteiger partial charge in [0.15, 0.2) is 0 Å². The Bertz CT molecular complexity index is 821. The van der Waals surface area contributed by atoms with Gasteiger partial charge in [-0.25, -0.2) is 9.13 Å². The van der Waals surface area contributed by atoms with Crippen molar-refractivity contribution < 1.29 is 9.30 Å². The van der Waals surface area contributed by atoms with Gasteiger partial charge in [-0.15, -0.1) is 0 Å². The third-order valence-corrected chi connectivity index (χ3v) is 4.14. The first-order valence-electron chi connectivity index (χ1n) is 8.06. The molecule has 0 fully saturated rings. The average molecular weight is 310 g/mol. The smallest absolute Gasteiger partial charge is 0.356 e. The van der Waals surface area contributed by atoms with Crippen molar-refractivity contribution in [2.45, 2.75) is 33.4 Å². The Labute approximate surface area is 137 Å². The summed E-state index contributed by atoms with van der Waals surface area (Å²) < 4.78 is 10.2. The summed E-state index contributed by atoms with van der Waals surface area (Å²) in [4.78, 5) is 0. The van der Waals surface area contributed by atoms with Gasteiger partial charge in [-0.1, -0.05) is 30.3 Å². The minimum absolute atomic E-state index is 0.318. The Morgan fingerprint density at radius 1 is 1.09 bits per heavy atom. The van der Waals surface area contributed by atoms with E-state index in [1.807, 2.05) is 24.3 Å². The first-order chi connectivity index (χ1) is 11.1. The lowest BCUT2D eigenvalue weighted by molar-refractivity contribution is -0.658. The number of aromatic nitrogens is 2. The van der Waals surface area contributed by atoms with Gasteiger partial charge in [0.05, 0.1) is 6.04 Å². The van der Waals surface area contributed by atoms with E-state index in [-0.39, 0.29) is 0 Å². The zero-order chi connectivity index (χ0) is 16.4. The van der Waals surface area contributed by atoms with Gasteiger partial charge >= 0.3 is 5.95 Å². The predicted molar refractivity (Wildman–Crippen MR) is 93.6 cm³/mol. The third-order valence-electron chi connectivity index (χ3n) is 4.14. The molecular weight excluding hydrogens is 286 g/mol. The molecule has 120 valence electrons. The van der Waals surface area contributed by atoms with E-state index in [1.54, 1.807) is 0 Å². The monoisotopic (exact) mass is 310 g/mol. The van der Waals surface area contributed by atoms with Gasteiger partial charge in [-0.2, -0.15) is 0 Å². The van der Waals surface area contributed by atoms with E-state index in [2.05, 4.69) is 54.2 Å². The van der Waals surface area contributed by atoms with Crippen LogP contribution in [0.4, 0.5) is 5.95 Å². The van der Waals surface area contributed by atoms with Crippen LogP contribution in [0.1, 0.15) is 25.5 Å². The maximum absolute atomic E-state index is 6.40. The van der Waals surface area contributed by atoms with Crippen molar-refractivity contribution in [3.05, 3.63) is 54.1 Å². The molecule has 1 heterocycles. The number of aryl methyl sites for hydroxylation is 1. The van der Waals surface area contributed by atoms with E-state index in [0.717, 1.165) is 34.8 Å². The maximum Gasteiger partial charge on any atom is 0.356 e. The first kappa shape index (κ1) is 15.4. The second-order valence-electron chi connectivity index (χ2n) is 6.08. The van der Waals surface area contributed by atoms with Crippen LogP contribution in [0.2, 0.25) is 0 Å². The van der Waals surface area contributed by atoms with Crippen molar-refractivity contribution in [1.82, 2.24) is 4.57 Å². The summed E-state index contributed by atoms with van der Waals surface area (Å²) in [5.41, 5.74) is 9.85. The molecule has 0 amide bonds. The number of hydrogen-bond acceptors (Lipinski definition) is 2. The summed E-state index contributed by atoms with van der Waals surface area (Å²) in [5, 5.41) is 0. The van der Waals surface area contributed by atoms with Crippen molar-refractivity contribution >= 4 is 17.0 Å². The zero-order valence-electron chi connectivity index (χ0n) is 14.0. The number of rotatable bonds is 5. The fourth-order valence-electron chi connectivity index (χ4n) is 3.02. The molecule has 23 heavy (non-hydrogen) atoms. The van der Waals surface area contributed by atoms with E-state index in [9.17, 15) is 0 Å². The normalized spacial score (nSPS) is 11.3. The molecule has 0 saturated heterocycles. The van der Waals surface area contributed by atoms with Crippen LogP contribution in [0.5, 0.6) is 5.75 Å². The van der Waals surface area contributed by atoms with Crippen molar-refractivity contribution in [1.29, 1.82) is 0 Å². The van der Waals surface area contributed by atoms with E-state index < -0.39 is 0 Å². The second-order valence-corrected chi connectivity index (χ2v) is 6.08. The SMILES string of the molecule is Cc1ccccc1OCC[n+]1c(N)n(C(C)C)c2ccccc21. The van der Waals surface area contributed by atoms with Crippen LogP contribution in [0.3, 0.4) is 0 Å². The molecule has 0 unspecified atom stereocenters. The van der Waals surface area contributed by atoms with Crippen LogP contribution < -0.4 is 15.0 Å². The van der Waals surface area contributed by atoms with Gasteiger partial charge in [-0.3, -0.25) is 5.73 Å². The van der Waals surface area contributed by atoms with Gasteiger partial charge in [-0.05, 0) is 44.5 Å². The predicted octanol–water partition coefficient (Wildman–Crippen LogP) is 3.48. The lowest BCUT2D eigenvalue weighted by atomic mass is 10.2. The summed E-state index contributed by atoms with van der Waals surface area (Å²) in [6.07, 6.45) is 0. The Hall–Kier alpha value is -2.49. The molecular formula is C19H24N3O+. The largest absolute Gasteiger partial charge is 0.490 e. The molecule has 0 atom stereocenters. The number of hydrogen-bond donors (Lipinski definition) is 1. The van der Waals surface area contributed by atoms with E-state index in [0.29, 0.717) is 12.6 Å².